The van der Waals surface area contributed by atoms with Crippen molar-refractivity contribution in [3.63, 3.8) is 0 Å². The van der Waals surface area contributed by atoms with E-state index in [1.807, 2.05) is 0 Å². The molecule has 0 spiro atoms. The van der Waals surface area contributed by atoms with Gasteiger partial charge in [0.15, 0.2) is 5.11 Å². The quantitative estimate of drug-likeness (QED) is 0.405. The second-order valence-electron chi connectivity index (χ2n) is 4.55. The van der Waals surface area contributed by atoms with Crippen molar-refractivity contribution in [2.75, 3.05) is 10.7 Å². The summed E-state index contributed by atoms with van der Waals surface area (Å²) >= 11 is 10.6. The van der Waals surface area contributed by atoms with Gasteiger partial charge in [0.25, 0.3) is 5.69 Å². The second kappa shape index (κ2) is 7.68. The molecule has 130 valence electrons. The summed E-state index contributed by atoms with van der Waals surface area (Å²) in [4.78, 5) is 20.2. The summed E-state index contributed by atoms with van der Waals surface area (Å²) in [5, 5.41) is 24.3. The van der Waals surface area contributed by atoms with Crippen LogP contribution in [0.15, 0.2) is 36.4 Å². The molecule has 0 radical (unpaired) electrons. The maximum Gasteiger partial charge on any atom is 0.300 e. The third-order valence-corrected chi connectivity index (χ3v) is 3.37. The van der Waals surface area contributed by atoms with Crippen molar-refractivity contribution in [3.8, 4) is 0 Å². The molecule has 12 heteroatoms. The Balaban J connectivity index is 2.07. The normalized spacial score (nSPS) is 10.0. The lowest BCUT2D eigenvalue weighted by Gasteiger charge is -2.13. The molecule has 0 heterocycles. The van der Waals surface area contributed by atoms with Gasteiger partial charge in [-0.1, -0.05) is 11.6 Å². The van der Waals surface area contributed by atoms with Crippen molar-refractivity contribution in [2.45, 2.75) is 0 Å². The molecule has 0 saturated heterocycles. The highest BCUT2D eigenvalue weighted by Crippen LogP contribution is 2.28. The third kappa shape index (κ3) is 4.71. The average Bonchev–Trinajstić information content (AvgIpc) is 2.56. The van der Waals surface area contributed by atoms with Gasteiger partial charge in [-0.3, -0.25) is 31.1 Å². The molecule has 0 amide bonds. The van der Waals surface area contributed by atoms with Gasteiger partial charge in [-0.05, 0) is 36.5 Å². The first-order chi connectivity index (χ1) is 11.8. The standard InChI is InChI=1S/C13H9ClFN5O4S/c14-9-5-7(1-3-10(9)15)16-13(25)18-17-11-4-2-8(19(21)22)6-12(11)20(23)24/h1-6,17H,(H2,16,18,25). The SMILES string of the molecule is O=[N+]([O-])c1ccc(NNC(=S)Nc2ccc(F)c(Cl)c2)c([N+](=O)[O-])c1. The maximum absolute atomic E-state index is 13.1. The minimum atomic E-state index is -0.771. The van der Waals surface area contributed by atoms with Gasteiger partial charge in [0.1, 0.15) is 11.5 Å². The number of benzene rings is 2. The smallest absolute Gasteiger partial charge is 0.300 e. The van der Waals surface area contributed by atoms with Crippen molar-refractivity contribution in [1.82, 2.24) is 5.43 Å². The molecule has 0 fully saturated rings. The van der Waals surface area contributed by atoms with Crippen molar-refractivity contribution in [1.29, 1.82) is 0 Å². The number of anilines is 2. The van der Waals surface area contributed by atoms with Crippen LogP contribution in [0, 0.1) is 26.0 Å². The molecule has 3 N–H and O–H groups in total. The zero-order valence-electron chi connectivity index (χ0n) is 12.2. The van der Waals surface area contributed by atoms with Crippen molar-refractivity contribution in [2.24, 2.45) is 0 Å². The minimum absolute atomic E-state index is 0.00956. The molecule has 2 aromatic rings. The summed E-state index contributed by atoms with van der Waals surface area (Å²) in [7, 11) is 0. The number of nitro groups is 2. The predicted molar refractivity (Wildman–Crippen MR) is 94.1 cm³/mol. The van der Waals surface area contributed by atoms with E-state index in [0.29, 0.717) is 5.69 Å². The Morgan fingerprint density at radius 2 is 1.84 bits per heavy atom. The molecule has 0 aliphatic rings. The van der Waals surface area contributed by atoms with Crippen molar-refractivity contribution < 1.29 is 14.2 Å². The highest BCUT2D eigenvalue weighted by Gasteiger charge is 2.19. The van der Waals surface area contributed by atoms with Gasteiger partial charge in [0, 0.05) is 11.8 Å². The Labute approximate surface area is 150 Å². The van der Waals surface area contributed by atoms with Crippen LogP contribution >= 0.6 is 23.8 Å². The Morgan fingerprint density at radius 3 is 2.44 bits per heavy atom. The van der Waals surface area contributed by atoms with E-state index in [9.17, 15) is 24.6 Å². The van der Waals surface area contributed by atoms with E-state index >= 15 is 0 Å². The van der Waals surface area contributed by atoms with Crippen LogP contribution in [-0.4, -0.2) is 15.0 Å². The second-order valence-corrected chi connectivity index (χ2v) is 5.36. The number of nitro benzene ring substituents is 2. The number of nitrogens with one attached hydrogen (secondary N) is 3. The topological polar surface area (TPSA) is 122 Å². The molecule has 9 nitrogen and oxygen atoms in total. The Morgan fingerprint density at radius 1 is 1.12 bits per heavy atom. The van der Waals surface area contributed by atoms with Gasteiger partial charge in [-0.25, -0.2) is 4.39 Å². The van der Waals surface area contributed by atoms with E-state index in [1.165, 1.54) is 18.2 Å². The number of rotatable bonds is 5. The number of halogens is 2. The van der Waals surface area contributed by atoms with E-state index in [0.717, 1.165) is 18.2 Å². The van der Waals surface area contributed by atoms with Crippen molar-refractivity contribution >= 4 is 51.7 Å². The number of hydrazine groups is 1. The number of thiocarbonyl (C=S) groups is 1. The molecular formula is C13H9ClFN5O4S. The molecule has 25 heavy (non-hydrogen) atoms. The fourth-order valence-corrected chi connectivity index (χ4v) is 2.10. The van der Waals surface area contributed by atoms with E-state index in [4.69, 9.17) is 23.8 Å². The largest absolute Gasteiger partial charge is 0.331 e. The molecule has 2 aromatic carbocycles. The van der Waals surface area contributed by atoms with Gasteiger partial charge in [-0.15, -0.1) is 0 Å². The molecule has 0 aliphatic heterocycles. The fourth-order valence-electron chi connectivity index (χ4n) is 1.75. The summed E-state index contributed by atoms with van der Waals surface area (Å²) in [6, 6.07) is 6.93. The lowest BCUT2D eigenvalue weighted by atomic mass is 10.2. The number of hydrogen-bond donors (Lipinski definition) is 3. The number of hydrogen-bond acceptors (Lipinski definition) is 6. The van der Waals surface area contributed by atoms with Crippen LogP contribution in [0.1, 0.15) is 0 Å². The number of non-ortho nitro benzene ring substituents is 1. The zero-order chi connectivity index (χ0) is 18.6. The van der Waals surface area contributed by atoms with Gasteiger partial charge in [0.05, 0.1) is 20.9 Å². The van der Waals surface area contributed by atoms with Crippen LogP contribution < -0.4 is 16.2 Å². The average molecular weight is 386 g/mol. The molecule has 2 rings (SSSR count). The summed E-state index contributed by atoms with van der Waals surface area (Å²) in [5.41, 5.74) is 4.41. The van der Waals surface area contributed by atoms with Crippen LogP contribution in [0.2, 0.25) is 5.02 Å². The Kier molecular flexibility index (Phi) is 5.62. The summed E-state index contributed by atoms with van der Waals surface area (Å²) in [6.45, 7) is 0. The summed E-state index contributed by atoms with van der Waals surface area (Å²) < 4.78 is 13.1. The monoisotopic (exact) mass is 385 g/mol. The van der Waals surface area contributed by atoms with Gasteiger partial charge < -0.3 is 5.32 Å². The van der Waals surface area contributed by atoms with Crippen molar-refractivity contribution in [3.05, 3.63) is 67.5 Å². The number of nitrogens with zero attached hydrogens (tertiary/aromatic N) is 2. The summed E-state index contributed by atoms with van der Waals surface area (Å²) in [6.07, 6.45) is 0. The van der Waals surface area contributed by atoms with E-state index in [1.54, 1.807) is 0 Å². The fraction of sp³-hybridized carbons (Fsp3) is 0. The Hall–Kier alpha value is -3.05. The third-order valence-electron chi connectivity index (χ3n) is 2.88. The molecule has 0 aromatic heterocycles. The van der Waals surface area contributed by atoms with E-state index in [-0.39, 0.29) is 15.8 Å². The lowest BCUT2D eigenvalue weighted by Crippen LogP contribution is -2.33. The highest BCUT2D eigenvalue weighted by atomic mass is 35.5. The van der Waals surface area contributed by atoms with Crippen LogP contribution in [0.25, 0.3) is 0 Å². The molecule has 0 aliphatic carbocycles. The predicted octanol–water partition coefficient (Wildman–Crippen LogP) is 3.61. The Bertz CT molecular complexity index is 866. The van der Waals surface area contributed by atoms with Crippen LogP contribution in [0.3, 0.4) is 0 Å². The molecule has 0 unspecified atom stereocenters. The van der Waals surface area contributed by atoms with Gasteiger partial charge in [-0.2, -0.15) is 0 Å². The van der Waals surface area contributed by atoms with E-state index < -0.39 is 27.0 Å². The minimum Gasteiger partial charge on any atom is -0.331 e. The molecule has 0 saturated carbocycles. The van der Waals surface area contributed by atoms with Gasteiger partial charge >= 0.3 is 5.69 Å². The van der Waals surface area contributed by atoms with Crippen LogP contribution in [-0.2, 0) is 0 Å². The van der Waals surface area contributed by atoms with Crippen LogP contribution in [0.5, 0.6) is 0 Å². The first-order valence-corrected chi connectivity index (χ1v) is 7.27. The molecule has 0 bridgehead atoms. The molecule has 0 atom stereocenters. The lowest BCUT2D eigenvalue weighted by molar-refractivity contribution is -0.393. The zero-order valence-corrected chi connectivity index (χ0v) is 13.7. The first-order valence-electron chi connectivity index (χ1n) is 6.49. The highest BCUT2D eigenvalue weighted by molar-refractivity contribution is 7.80. The summed E-state index contributed by atoms with van der Waals surface area (Å²) in [5.74, 6) is -0.592. The van der Waals surface area contributed by atoms with Gasteiger partial charge in [0.2, 0.25) is 0 Å². The van der Waals surface area contributed by atoms with Crippen LogP contribution in [0.4, 0.5) is 27.1 Å². The first kappa shape index (κ1) is 18.3. The molecular weight excluding hydrogens is 377 g/mol. The maximum atomic E-state index is 13.1. The van der Waals surface area contributed by atoms with E-state index in [2.05, 4.69) is 16.2 Å².